The van der Waals surface area contributed by atoms with E-state index in [1.807, 2.05) is 0 Å². The van der Waals surface area contributed by atoms with Gasteiger partial charge in [0.2, 0.25) is 5.91 Å². The van der Waals surface area contributed by atoms with Gasteiger partial charge >= 0.3 is 0 Å². The van der Waals surface area contributed by atoms with Gasteiger partial charge in [-0.2, -0.15) is 0 Å². The van der Waals surface area contributed by atoms with E-state index in [2.05, 4.69) is 48.0 Å². The van der Waals surface area contributed by atoms with Gasteiger partial charge in [0, 0.05) is 0 Å². The van der Waals surface area contributed by atoms with Gasteiger partial charge in [-0.15, -0.1) is 0 Å². The smallest absolute Gasteiger partial charge is 0.237 e. The average molecular weight is 288 g/mol. The molecule has 3 nitrogen and oxygen atoms in total. The van der Waals surface area contributed by atoms with Crippen molar-refractivity contribution in [1.82, 2.24) is 10.6 Å². The summed E-state index contributed by atoms with van der Waals surface area (Å²) in [5.41, 5.74) is 2.72. The zero-order valence-electron chi connectivity index (χ0n) is 12.4. The van der Waals surface area contributed by atoms with E-state index in [-0.39, 0.29) is 18.0 Å². The summed E-state index contributed by atoms with van der Waals surface area (Å²) in [6.45, 7) is 4.70. The van der Waals surface area contributed by atoms with E-state index in [0.29, 0.717) is 0 Å². The highest BCUT2D eigenvalue weighted by molar-refractivity contribution is 6.78. The first-order valence-corrected chi connectivity index (χ1v) is 11.1. The van der Waals surface area contributed by atoms with Crippen molar-refractivity contribution in [1.29, 1.82) is 0 Å². The summed E-state index contributed by atoms with van der Waals surface area (Å²) in [7, 11) is -1.18. The van der Waals surface area contributed by atoms with Gasteiger partial charge in [-0.05, 0) is 42.6 Å². The van der Waals surface area contributed by atoms with E-state index in [1.54, 1.807) is 0 Å². The summed E-state index contributed by atoms with van der Waals surface area (Å²) < 4.78 is 0. The van der Waals surface area contributed by atoms with E-state index in [9.17, 15) is 4.79 Å². The lowest BCUT2D eigenvalue weighted by Crippen LogP contribution is -2.42. The topological polar surface area (TPSA) is 41.1 Å². The Morgan fingerprint density at radius 3 is 2.90 bits per heavy atom. The van der Waals surface area contributed by atoms with Crippen LogP contribution in [0.15, 0.2) is 24.3 Å². The maximum Gasteiger partial charge on any atom is 0.237 e. The van der Waals surface area contributed by atoms with Crippen LogP contribution in [0, 0.1) is 0 Å². The largest absolute Gasteiger partial charge is 0.348 e. The van der Waals surface area contributed by atoms with Crippen LogP contribution in [0.5, 0.6) is 0 Å². The number of nitrogens with one attached hydrogen (secondary N) is 2. The highest BCUT2D eigenvalue weighted by Gasteiger charge is 2.37. The number of benzene rings is 1. The lowest BCUT2D eigenvalue weighted by atomic mass is 9.87. The second-order valence-corrected chi connectivity index (χ2v) is 12.0. The Morgan fingerprint density at radius 1 is 1.35 bits per heavy atom. The van der Waals surface area contributed by atoms with Crippen LogP contribution < -0.4 is 10.6 Å². The van der Waals surface area contributed by atoms with Crippen LogP contribution in [0.1, 0.15) is 30.0 Å². The van der Waals surface area contributed by atoms with Crippen molar-refractivity contribution in [2.24, 2.45) is 0 Å². The minimum atomic E-state index is -1.18. The molecular weight excluding hydrogens is 264 g/mol. The van der Waals surface area contributed by atoms with Gasteiger partial charge in [0.1, 0.15) is 0 Å². The molecule has 1 aromatic rings. The molecule has 3 rings (SSSR count). The predicted octanol–water partition coefficient (Wildman–Crippen LogP) is 2.40. The summed E-state index contributed by atoms with van der Waals surface area (Å²) in [6, 6.07) is 9.83. The Kier molecular flexibility index (Phi) is 3.69. The highest BCUT2D eigenvalue weighted by atomic mass is 28.3. The van der Waals surface area contributed by atoms with Crippen LogP contribution in [0.4, 0.5) is 0 Å². The third-order valence-electron chi connectivity index (χ3n) is 4.59. The van der Waals surface area contributed by atoms with E-state index < -0.39 is 8.07 Å². The highest BCUT2D eigenvalue weighted by Crippen LogP contribution is 2.30. The molecule has 0 spiro atoms. The molecule has 1 aliphatic heterocycles. The molecule has 0 radical (unpaired) electrons. The van der Waals surface area contributed by atoms with Crippen molar-refractivity contribution in [2.45, 2.75) is 50.5 Å². The molecule has 2 aliphatic rings. The van der Waals surface area contributed by atoms with Crippen LogP contribution in [0.2, 0.25) is 19.1 Å². The number of aryl methyl sites for hydroxylation is 1. The minimum Gasteiger partial charge on any atom is -0.348 e. The molecule has 108 valence electrons. The third kappa shape index (κ3) is 2.81. The van der Waals surface area contributed by atoms with Gasteiger partial charge in [-0.1, -0.05) is 37.4 Å². The van der Waals surface area contributed by atoms with Crippen molar-refractivity contribution in [3.8, 4) is 0 Å². The van der Waals surface area contributed by atoms with Crippen molar-refractivity contribution >= 4 is 14.0 Å². The van der Waals surface area contributed by atoms with E-state index in [1.165, 1.54) is 17.5 Å². The Balaban J connectivity index is 1.69. The second-order valence-electron chi connectivity index (χ2n) is 6.95. The maximum absolute atomic E-state index is 12.5. The molecule has 0 bridgehead atoms. The average Bonchev–Trinajstić information content (AvgIpc) is 2.80. The van der Waals surface area contributed by atoms with Gasteiger partial charge in [0.05, 0.1) is 20.2 Å². The molecule has 1 saturated heterocycles. The normalized spacial score (nSPS) is 27.9. The second kappa shape index (κ2) is 5.33. The van der Waals surface area contributed by atoms with E-state index in [0.717, 1.165) is 25.1 Å². The predicted molar refractivity (Wildman–Crippen MR) is 84.3 cm³/mol. The number of carbonyl (C=O) groups is 1. The molecule has 0 saturated carbocycles. The number of rotatable bonds is 2. The van der Waals surface area contributed by atoms with Crippen LogP contribution in [-0.4, -0.2) is 26.2 Å². The molecule has 0 aromatic heterocycles. The van der Waals surface area contributed by atoms with Gasteiger partial charge < -0.3 is 10.6 Å². The third-order valence-corrected chi connectivity index (χ3v) is 7.26. The molecule has 4 heteroatoms. The first kappa shape index (κ1) is 13.8. The molecule has 0 unspecified atom stereocenters. The summed E-state index contributed by atoms with van der Waals surface area (Å²) in [6.07, 6.45) is 4.44. The summed E-state index contributed by atoms with van der Waals surface area (Å²) in [4.78, 5) is 12.5. The SMILES string of the molecule is C[Si]1(C)CN[C@H](C(=O)N[C@@H]2CCCc3ccccc32)C1. The Labute approximate surface area is 122 Å². The van der Waals surface area contributed by atoms with E-state index >= 15 is 0 Å². The first-order chi connectivity index (χ1) is 9.55. The molecule has 1 heterocycles. The summed E-state index contributed by atoms with van der Waals surface area (Å²) >= 11 is 0. The molecular formula is C16H24N2OSi. The number of hydrogen-bond donors (Lipinski definition) is 2. The van der Waals surface area contributed by atoms with Gasteiger partial charge in [0.25, 0.3) is 0 Å². The van der Waals surface area contributed by atoms with Crippen molar-refractivity contribution in [2.75, 3.05) is 6.17 Å². The van der Waals surface area contributed by atoms with Crippen molar-refractivity contribution in [3.05, 3.63) is 35.4 Å². The van der Waals surface area contributed by atoms with Crippen molar-refractivity contribution in [3.63, 3.8) is 0 Å². The molecule has 1 aromatic carbocycles. The molecule has 2 N–H and O–H groups in total. The Bertz CT molecular complexity index is 515. The summed E-state index contributed by atoms with van der Waals surface area (Å²) in [5, 5.41) is 6.69. The lowest BCUT2D eigenvalue weighted by Gasteiger charge is -2.27. The standard InChI is InChI=1S/C16H24N2OSi/c1-20(2)10-15(17-11-20)16(19)18-14-9-5-7-12-6-3-4-8-13(12)14/h3-4,6,8,14-15,17H,5,7,9-11H2,1-2H3,(H,18,19)/t14-,15+/m1/s1. The monoisotopic (exact) mass is 288 g/mol. The lowest BCUT2D eigenvalue weighted by molar-refractivity contribution is -0.123. The van der Waals surface area contributed by atoms with Crippen LogP contribution in [0.25, 0.3) is 0 Å². The zero-order chi connectivity index (χ0) is 14.2. The van der Waals surface area contributed by atoms with Gasteiger partial charge in [-0.3, -0.25) is 4.79 Å². The Morgan fingerprint density at radius 2 is 2.15 bits per heavy atom. The van der Waals surface area contributed by atoms with Gasteiger partial charge in [0.15, 0.2) is 0 Å². The van der Waals surface area contributed by atoms with Crippen LogP contribution in [-0.2, 0) is 11.2 Å². The number of amides is 1. The number of hydrogen-bond acceptors (Lipinski definition) is 2. The fourth-order valence-electron chi connectivity index (χ4n) is 3.46. The van der Waals surface area contributed by atoms with Gasteiger partial charge in [-0.25, -0.2) is 0 Å². The van der Waals surface area contributed by atoms with E-state index in [4.69, 9.17) is 0 Å². The number of fused-ring (bicyclic) bond motifs is 1. The summed E-state index contributed by atoms with van der Waals surface area (Å²) in [5.74, 6) is 0.199. The maximum atomic E-state index is 12.5. The molecule has 20 heavy (non-hydrogen) atoms. The minimum absolute atomic E-state index is 0.0331. The molecule has 1 amide bonds. The fraction of sp³-hybridized carbons (Fsp3) is 0.562. The first-order valence-electron chi connectivity index (χ1n) is 7.67. The van der Waals surface area contributed by atoms with Crippen LogP contribution >= 0.6 is 0 Å². The Hall–Kier alpha value is -1.13. The quantitative estimate of drug-likeness (QED) is 0.821. The zero-order valence-corrected chi connectivity index (χ0v) is 13.4. The molecule has 2 atom stereocenters. The van der Waals surface area contributed by atoms with Crippen LogP contribution in [0.3, 0.4) is 0 Å². The molecule has 1 fully saturated rings. The number of carbonyl (C=O) groups excluding carboxylic acids is 1. The molecule has 1 aliphatic carbocycles. The van der Waals surface area contributed by atoms with Crippen molar-refractivity contribution < 1.29 is 4.79 Å². The fourth-order valence-corrected chi connectivity index (χ4v) is 5.84.